The van der Waals surface area contributed by atoms with Gasteiger partial charge in [-0.25, -0.2) is 4.68 Å². The van der Waals surface area contributed by atoms with Gasteiger partial charge in [-0.3, -0.25) is 9.89 Å². The van der Waals surface area contributed by atoms with E-state index < -0.39 is 0 Å². The van der Waals surface area contributed by atoms with Crippen molar-refractivity contribution in [2.24, 2.45) is 5.92 Å². The molecule has 3 heteroatoms. The predicted molar refractivity (Wildman–Crippen MR) is 88.4 cm³/mol. The van der Waals surface area contributed by atoms with Crippen LogP contribution in [0.4, 0.5) is 0 Å². The molecule has 1 aromatic carbocycles. The second kappa shape index (κ2) is 5.55. The summed E-state index contributed by atoms with van der Waals surface area (Å²) in [6.45, 7) is 12.7. The summed E-state index contributed by atoms with van der Waals surface area (Å²) in [7, 11) is 0. The van der Waals surface area contributed by atoms with Crippen LogP contribution in [-0.4, -0.2) is 9.78 Å². The third-order valence-electron chi connectivity index (χ3n) is 3.59. The lowest BCUT2D eigenvalue weighted by atomic mass is 9.85. The van der Waals surface area contributed by atoms with E-state index in [0.717, 1.165) is 28.9 Å². The summed E-state index contributed by atoms with van der Waals surface area (Å²) in [5.41, 5.74) is 3.93. The number of hydrogen-bond acceptors (Lipinski definition) is 1. The Morgan fingerprint density at radius 2 is 1.90 bits per heavy atom. The summed E-state index contributed by atoms with van der Waals surface area (Å²) in [5.74, 6) is 0.509. The molecule has 0 bridgehead atoms. The zero-order chi connectivity index (χ0) is 15.8. The van der Waals surface area contributed by atoms with Crippen molar-refractivity contribution >= 4 is 0 Å². The molecule has 1 aromatic heterocycles. The molecule has 0 radical (unpaired) electrons. The van der Waals surface area contributed by atoms with Crippen molar-refractivity contribution < 1.29 is 0 Å². The first-order valence-corrected chi connectivity index (χ1v) is 7.61. The molecule has 0 aliphatic rings. The second-order valence-corrected chi connectivity index (χ2v) is 7.29. The van der Waals surface area contributed by atoms with Gasteiger partial charge in [-0.1, -0.05) is 46.8 Å². The molecule has 2 aromatic rings. The molecule has 114 valence electrons. The van der Waals surface area contributed by atoms with E-state index in [1.54, 1.807) is 4.68 Å². The van der Waals surface area contributed by atoms with Crippen LogP contribution in [0.5, 0.6) is 0 Å². The van der Waals surface area contributed by atoms with Crippen molar-refractivity contribution in [2.45, 2.75) is 53.4 Å². The highest BCUT2D eigenvalue weighted by atomic mass is 16.1. The van der Waals surface area contributed by atoms with Crippen molar-refractivity contribution in [1.29, 1.82) is 0 Å². The Morgan fingerprint density at radius 3 is 2.43 bits per heavy atom. The molecule has 1 N–H and O–H groups in total. The van der Waals surface area contributed by atoms with Crippen LogP contribution >= 0.6 is 0 Å². The Labute approximate surface area is 127 Å². The van der Waals surface area contributed by atoms with E-state index in [-0.39, 0.29) is 11.0 Å². The molecule has 0 fully saturated rings. The maximum Gasteiger partial charge on any atom is 0.275 e. The molecule has 0 saturated heterocycles. The quantitative estimate of drug-likeness (QED) is 0.911. The van der Waals surface area contributed by atoms with Gasteiger partial charge < -0.3 is 0 Å². The minimum atomic E-state index is -0.160. The highest BCUT2D eigenvalue weighted by molar-refractivity contribution is 5.37. The summed E-state index contributed by atoms with van der Waals surface area (Å²) in [5, 5.41) is 3.34. The lowest BCUT2D eigenvalue weighted by Crippen LogP contribution is -2.25. The van der Waals surface area contributed by atoms with Gasteiger partial charge in [-0.2, -0.15) is 0 Å². The van der Waals surface area contributed by atoms with Gasteiger partial charge in [0.1, 0.15) is 0 Å². The Kier molecular flexibility index (Phi) is 4.13. The Hall–Kier alpha value is -1.77. The summed E-state index contributed by atoms with van der Waals surface area (Å²) in [6.07, 6.45) is 0.890. The van der Waals surface area contributed by atoms with Gasteiger partial charge >= 0.3 is 0 Å². The maximum absolute atomic E-state index is 12.9. The first-order valence-electron chi connectivity index (χ1n) is 7.61. The highest BCUT2D eigenvalue weighted by Gasteiger charge is 2.26. The number of aromatic nitrogens is 2. The van der Waals surface area contributed by atoms with Gasteiger partial charge in [-0.15, -0.1) is 0 Å². The fraction of sp³-hybridized carbons (Fsp3) is 0.500. The molecule has 0 spiro atoms. The van der Waals surface area contributed by atoms with Crippen LogP contribution in [-0.2, 0) is 11.8 Å². The number of H-pyrrole nitrogens is 1. The lowest BCUT2D eigenvalue weighted by molar-refractivity contribution is 0.561. The first kappa shape index (κ1) is 15.6. The van der Waals surface area contributed by atoms with Crippen molar-refractivity contribution in [1.82, 2.24) is 9.78 Å². The first-order chi connectivity index (χ1) is 9.70. The molecular formula is C18H26N2O. The van der Waals surface area contributed by atoms with Gasteiger partial charge in [0.05, 0.1) is 5.69 Å². The minimum absolute atomic E-state index is 0.0729. The average molecular weight is 286 g/mol. The standard InChI is InChI=1S/C18H26N2O/c1-12(2)10-15-16(18(4,5)6)17(21)20(19-15)14-9-7-8-13(3)11-14/h7-9,11-12,19H,10H2,1-6H3. The normalized spacial score (nSPS) is 12.1. The van der Waals surface area contributed by atoms with Gasteiger partial charge in [0.15, 0.2) is 0 Å². The van der Waals surface area contributed by atoms with Crippen molar-refractivity contribution in [3.05, 3.63) is 51.4 Å². The summed E-state index contributed by atoms with van der Waals surface area (Å²) in [6, 6.07) is 8.02. The van der Waals surface area contributed by atoms with Crippen LogP contribution in [0, 0.1) is 12.8 Å². The van der Waals surface area contributed by atoms with Gasteiger partial charge in [0.25, 0.3) is 5.56 Å². The van der Waals surface area contributed by atoms with E-state index >= 15 is 0 Å². The van der Waals surface area contributed by atoms with E-state index in [9.17, 15) is 4.79 Å². The van der Waals surface area contributed by atoms with Crippen LogP contribution in [0.15, 0.2) is 29.1 Å². The summed E-state index contributed by atoms with van der Waals surface area (Å²) < 4.78 is 1.69. The van der Waals surface area contributed by atoms with E-state index in [0.29, 0.717) is 5.92 Å². The zero-order valence-corrected chi connectivity index (χ0v) is 13.9. The van der Waals surface area contributed by atoms with Crippen LogP contribution in [0.1, 0.15) is 51.4 Å². The summed E-state index contributed by atoms with van der Waals surface area (Å²) >= 11 is 0. The molecule has 0 aliphatic carbocycles. The molecule has 0 atom stereocenters. The maximum atomic E-state index is 12.9. The average Bonchev–Trinajstić information content (AvgIpc) is 2.64. The predicted octanol–water partition coefficient (Wildman–Crippen LogP) is 3.97. The SMILES string of the molecule is Cc1cccc(-n2[nH]c(CC(C)C)c(C(C)(C)C)c2=O)c1. The fourth-order valence-electron chi connectivity index (χ4n) is 2.76. The number of aromatic amines is 1. The van der Waals surface area contributed by atoms with Crippen LogP contribution in [0.3, 0.4) is 0 Å². The molecule has 2 rings (SSSR count). The molecule has 0 saturated carbocycles. The van der Waals surface area contributed by atoms with Crippen molar-refractivity contribution in [3.63, 3.8) is 0 Å². The lowest BCUT2D eigenvalue weighted by Gasteiger charge is -2.18. The number of nitrogens with one attached hydrogen (secondary N) is 1. The zero-order valence-electron chi connectivity index (χ0n) is 13.9. The molecule has 0 unspecified atom stereocenters. The Morgan fingerprint density at radius 1 is 1.24 bits per heavy atom. The molecule has 0 amide bonds. The summed E-state index contributed by atoms with van der Waals surface area (Å²) in [4.78, 5) is 12.9. The number of benzene rings is 1. The monoisotopic (exact) mass is 286 g/mol. The number of hydrogen-bond donors (Lipinski definition) is 1. The third-order valence-corrected chi connectivity index (χ3v) is 3.59. The van der Waals surface area contributed by atoms with Gasteiger partial charge in [0.2, 0.25) is 0 Å². The van der Waals surface area contributed by atoms with E-state index in [1.807, 2.05) is 31.2 Å². The number of nitrogens with zero attached hydrogens (tertiary/aromatic N) is 1. The number of aryl methyl sites for hydroxylation is 1. The molecule has 0 aliphatic heterocycles. The van der Waals surface area contributed by atoms with Gasteiger partial charge in [0, 0.05) is 11.3 Å². The molecular weight excluding hydrogens is 260 g/mol. The smallest absolute Gasteiger partial charge is 0.275 e. The Bertz CT molecular complexity index is 684. The molecule has 21 heavy (non-hydrogen) atoms. The Balaban J connectivity index is 2.64. The second-order valence-electron chi connectivity index (χ2n) is 7.29. The number of rotatable bonds is 3. The van der Waals surface area contributed by atoms with E-state index in [2.05, 4.69) is 39.7 Å². The van der Waals surface area contributed by atoms with E-state index in [4.69, 9.17) is 0 Å². The van der Waals surface area contributed by atoms with Crippen LogP contribution in [0.25, 0.3) is 5.69 Å². The van der Waals surface area contributed by atoms with E-state index in [1.165, 1.54) is 0 Å². The van der Waals surface area contributed by atoms with Crippen LogP contribution in [0.2, 0.25) is 0 Å². The minimum Gasteiger partial charge on any atom is -0.295 e. The topological polar surface area (TPSA) is 37.8 Å². The van der Waals surface area contributed by atoms with Crippen molar-refractivity contribution in [3.8, 4) is 5.69 Å². The van der Waals surface area contributed by atoms with Crippen LogP contribution < -0.4 is 5.56 Å². The molecule has 3 nitrogen and oxygen atoms in total. The van der Waals surface area contributed by atoms with Crippen molar-refractivity contribution in [2.75, 3.05) is 0 Å². The largest absolute Gasteiger partial charge is 0.295 e. The van der Waals surface area contributed by atoms with Gasteiger partial charge in [-0.05, 0) is 42.4 Å². The third kappa shape index (κ3) is 3.29. The highest BCUT2D eigenvalue weighted by Crippen LogP contribution is 2.24. The fourth-order valence-corrected chi connectivity index (χ4v) is 2.76. The molecule has 1 heterocycles.